The van der Waals surface area contributed by atoms with Crippen LogP contribution in [0, 0.1) is 0 Å². The molecule has 1 heterocycles. The Labute approximate surface area is 272 Å². The molecule has 1 aliphatic rings. The molecule has 0 atom stereocenters. The summed E-state index contributed by atoms with van der Waals surface area (Å²) in [6, 6.07) is 0. The van der Waals surface area contributed by atoms with Crippen LogP contribution in [0.3, 0.4) is 0 Å². The summed E-state index contributed by atoms with van der Waals surface area (Å²) in [5, 5.41) is 5.61. The maximum Gasteiger partial charge on any atom is 1.00 e. The maximum absolute atomic E-state index is 10.2. The number of nitrogens with zero attached hydrogens (tertiary/aromatic N) is 2. The van der Waals surface area contributed by atoms with E-state index in [-0.39, 0.29) is 118 Å². The van der Waals surface area contributed by atoms with Gasteiger partial charge in [0.05, 0.1) is 0 Å². The quantitative estimate of drug-likeness (QED) is 0.0735. The minimum Gasteiger partial charge on any atom is -0.724 e. The minimum atomic E-state index is -5.31. The Morgan fingerprint density at radius 2 is 0.818 bits per heavy atom. The van der Waals surface area contributed by atoms with E-state index in [1.165, 1.54) is 0 Å². The molecule has 170 valence electrons. The number of Topliss-reactive ketones (excluding diaryl/α,β-unsaturated/α-hetero) is 1. The van der Waals surface area contributed by atoms with E-state index in [0.29, 0.717) is 0 Å². The van der Waals surface area contributed by atoms with E-state index in [9.17, 15) is 66.3 Å². The van der Waals surface area contributed by atoms with E-state index in [2.05, 4.69) is 27.7 Å². The van der Waals surface area contributed by atoms with Gasteiger partial charge in [-0.05, 0) is 0 Å². The van der Waals surface area contributed by atoms with Gasteiger partial charge in [0.25, 0.3) is 0 Å². The molecule has 33 heavy (non-hydrogen) atoms. The van der Waals surface area contributed by atoms with Gasteiger partial charge in [0.2, 0.25) is 41.6 Å². The Morgan fingerprint density at radius 3 is 0.970 bits per heavy atom. The van der Waals surface area contributed by atoms with Crippen LogP contribution in [0.5, 0.6) is 0 Å². The van der Waals surface area contributed by atoms with Gasteiger partial charge < -0.3 is 18.2 Å². The fourth-order valence-corrected chi connectivity index (χ4v) is 1.53. The molecule has 0 saturated carbocycles. The summed E-state index contributed by atoms with van der Waals surface area (Å²) < 4.78 is 123. The van der Waals surface area contributed by atoms with Crippen molar-refractivity contribution in [1.82, 2.24) is 5.43 Å². The van der Waals surface area contributed by atoms with Crippen LogP contribution < -0.4 is 124 Å². The topological polar surface area (TPSA) is 354 Å². The second-order valence-corrected chi connectivity index (χ2v) is 6.99. The van der Waals surface area contributed by atoms with Gasteiger partial charge in [-0.1, -0.05) is 10.3 Å². The van der Waals surface area contributed by atoms with Crippen molar-refractivity contribution in [2.45, 2.75) is 0 Å². The van der Waals surface area contributed by atoms with Gasteiger partial charge in [0.15, 0.2) is 0 Å². The molecule has 0 saturated heterocycles. The molecule has 22 nitrogen and oxygen atoms in total. The molecule has 0 bridgehead atoms. The van der Waals surface area contributed by atoms with Crippen molar-refractivity contribution in [3.63, 3.8) is 0 Å². The summed E-state index contributed by atoms with van der Waals surface area (Å²) in [6.07, 6.45) is 0. The Kier molecular flexibility index (Phi) is 30.4. The zero-order chi connectivity index (χ0) is 23.7. The molecule has 0 aliphatic carbocycles. The summed E-state index contributed by atoms with van der Waals surface area (Å²) in [5.41, 5.74) is 1.71. The number of hydrogen-bond donors (Lipinski definition) is 1. The van der Waals surface area contributed by atoms with Crippen LogP contribution in [-0.2, 0) is 73.3 Å². The molecule has 0 unspecified atom stereocenters. The average Bonchev–Trinajstić information content (AvgIpc) is 2.47. The summed E-state index contributed by atoms with van der Waals surface area (Å²) in [5.74, 6) is -3.33. The Bertz CT molecular complexity index is 949. The fourth-order valence-electron chi connectivity index (χ4n) is 0.445. The molecule has 2 amide bonds. The van der Waals surface area contributed by atoms with Crippen LogP contribution in [0.2, 0.25) is 0 Å². The molecule has 30 heteroatoms. The Balaban J connectivity index is -0.0000000781. The molecular weight excluding hydrogens is 602 g/mol. The third kappa shape index (κ3) is 38.6. The molecule has 0 radical (unpaired) electrons. The molecule has 0 spiro atoms. The van der Waals surface area contributed by atoms with Gasteiger partial charge in [-0.25, -0.2) is 39.1 Å². The summed E-state index contributed by atoms with van der Waals surface area (Å²) in [7, 11) is -21.2. The monoisotopic (exact) mass is 603 g/mol. The minimum absolute atomic E-state index is 0. The van der Waals surface area contributed by atoms with Crippen molar-refractivity contribution in [3.05, 3.63) is 0 Å². The smallest absolute Gasteiger partial charge is 0.724 e. The van der Waals surface area contributed by atoms with Crippen LogP contribution >= 0.6 is 0 Å². The zero-order valence-corrected chi connectivity index (χ0v) is 27.6. The maximum atomic E-state index is 10.2. The van der Waals surface area contributed by atoms with Gasteiger partial charge >= 0.3 is 136 Å². The third-order valence-corrected chi connectivity index (χ3v) is 2.19. The normalized spacial score (nSPS) is 13.0. The van der Waals surface area contributed by atoms with Gasteiger partial charge in [0.1, 0.15) is 0 Å². The van der Waals surface area contributed by atoms with E-state index >= 15 is 0 Å². The first-order chi connectivity index (χ1) is 12.6. The largest absolute Gasteiger partial charge is 1.00 e. The van der Waals surface area contributed by atoms with Crippen LogP contribution in [-0.4, -0.2) is 69.5 Å². The molecule has 0 aromatic carbocycles. The molecular formula is C3HN3Na4O19S4. The van der Waals surface area contributed by atoms with Crippen LogP contribution in [0.4, 0.5) is 0 Å². The molecule has 1 N–H and O–H groups in total. The van der Waals surface area contributed by atoms with E-state index in [1.807, 2.05) is 0 Å². The van der Waals surface area contributed by atoms with E-state index in [4.69, 9.17) is 0 Å². The summed E-state index contributed by atoms with van der Waals surface area (Å²) >= 11 is 0. The number of rotatable bonds is 6. The van der Waals surface area contributed by atoms with Gasteiger partial charge in [-0.2, -0.15) is 0 Å². The van der Waals surface area contributed by atoms with Crippen molar-refractivity contribution in [2.75, 3.05) is 0 Å². The molecule has 0 fully saturated rings. The zero-order valence-electron chi connectivity index (χ0n) is 16.3. The van der Waals surface area contributed by atoms with Crippen LogP contribution in [0.25, 0.3) is 0 Å². The van der Waals surface area contributed by atoms with E-state index < -0.39 is 59.2 Å². The Hall–Kier alpha value is 1.89. The summed E-state index contributed by atoms with van der Waals surface area (Å²) in [4.78, 5) is 30.5. The number of amides is 2. The van der Waals surface area contributed by atoms with Crippen molar-refractivity contribution in [2.24, 2.45) is 10.3 Å². The predicted molar refractivity (Wildman–Crippen MR) is 66.1 cm³/mol. The average molecular weight is 603 g/mol. The predicted octanol–water partition coefficient (Wildman–Crippen LogP) is -17.7. The molecule has 0 aromatic heterocycles. The van der Waals surface area contributed by atoms with Crippen molar-refractivity contribution in [1.29, 1.82) is 0 Å². The summed E-state index contributed by atoms with van der Waals surface area (Å²) in [6.45, 7) is 0. The first-order valence-electron chi connectivity index (χ1n) is 5.01. The van der Waals surface area contributed by atoms with Gasteiger partial charge in [-0.3, -0.25) is 14.4 Å². The standard InChI is InChI=1S/C3HN3O3.4Na.2H2O8S2/c7-1-2(8)4-6-5-3(1)9;;;;;2*1-9(2,3)7-8-10(4,5)6/h(H,4,5,8,9);;;;;2*(H,1,2,3)(H,4,5,6)/q;4*+1;;/p-4. The van der Waals surface area contributed by atoms with Crippen molar-refractivity contribution in [3.8, 4) is 0 Å². The molecule has 1 aliphatic heterocycles. The number of nitrogens with one attached hydrogen (secondary N) is 1. The second kappa shape index (κ2) is 20.9. The van der Waals surface area contributed by atoms with Crippen LogP contribution in [0.1, 0.15) is 0 Å². The van der Waals surface area contributed by atoms with Gasteiger partial charge in [-0.15, -0.1) is 17.3 Å². The Morgan fingerprint density at radius 1 is 0.576 bits per heavy atom. The SMILES string of the molecule is O=C1N=NNC(=O)C1=O.O=S(=O)([O-])OOS(=O)(=O)[O-].O=S(=O)([O-])OOS(=O)(=O)[O-].[Na+].[Na+].[Na+].[Na+]. The van der Waals surface area contributed by atoms with E-state index in [1.54, 1.807) is 5.43 Å². The number of carbonyl (C=O) groups excluding carboxylic acids is 3. The van der Waals surface area contributed by atoms with E-state index in [0.717, 1.165) is 0 Å². The second-order valence-electron chi connectivity index (χ2n) is 3.18. The third-order valence-electron chi connectivity index (χ3n) is 1.08. The number of ketones is 1. The molecule has 0 aromatic rings. The first kappa shape index (κ1) is 48.0. The fraction of sp³-hybridized carbons (Fsp3) is 0. The van der Waals surface area contributed by atoms with Gasteiger partial charge in [0, 0.05) is 0 Å². The number of carbonyl (C=O) groups is 3. The van der Waals surface area contributed by atoms with Crippen molar-refractivity contribution < 1.29 is 202 Å². The first-order valence-corrected chi connectivity index (χ1v) is 10.3. The van der Waals surface area contributed by atoms with Crippen LogP contribution in [0.15, 0.2) is 10.3 Å². The van der Waals surface area contributed by atoms with Crippen molar-refractivity contribution >= 4 is 59.2 Å². The number of hydrogen-bond acceptors (Lipinski definition) is 20. The molecule has 1 rings (SSSR count).